The third-order valence-corrected chi connectivity index (χ3v) is 3.43. The summed E-state index contributed by atoms with van der Waals surface area (Å²) < 4.78 is 15.7. The first-order chi connectivity index (χ1) is 11.6. The zero-order valence-corrected chi connectivity index (χ0v) is 14.3. The van der Waals surface area contributed by atoms with Crippen LogP contribution in [0.1, 0.15) is 19.7 Å². The molecule has 0 aliphatic heterocycles. The molecule has 8 heteroatoms. The van der Waals surface area contributed by atoms with Gasteiger partial charge in [-0.1, -0.05) is 5.16 Å². The Kier molecular flexibility index (Phi) is 6.00. The van der Waals surface area contributed by atoms with Gasteiger partial charge >= 0.3 is 6.03 Å². The Morgan fingerprint density at radius 3 is 2.62 bits per heavy atom. The molecule has 130 valence electrons. The number of hydrogen-bond acceptors (Lipinski definition) is 6. The Bertz CT molecular complexity index is 686. The van der Waals surface area contributed by atoms with Crippen molar-refractivity contribution in [2.75, 3.05) is 27.3 Å². The Morgan fingerprint density at radius 2 is 2.00 bits per heavy atom. The molecule has 1 aromatic carbocycles. The van der Waals surface area contributed by atoms with Crippen molar-refractivity contribution in [3.63, 3.8) is 0 Å². The van der Waals surface area contributed by atoms with Crippen molar-refractivity contribution >= 4 is 6.03 Å². The lowest BCUT2D eigenvalue weighted by atomic mass is 10.2. The molecule has 1 heterocycles. The number of ether oxygens (including phenoxy) is 2. The number of hydrogen-bond donors (Lipinski definition) is 1. The number of methoxy groups -OCH3 is 2. The highest BCUT2D eigenvalue weighted by Gasteiger charge is 2.17. The molecule has 0 radical (unpaired) electrons. The van der Waals surface area contributed by atoms with Crippen LogP contribution in [-0.4, -0.2) is 48.4 Å². The predicted octanol–water partition coefficient (Wildman–Crippen LogP) is 2.31. The largest absolute Gasteiger partial charge is 0.493 e. The number of nitrogens with one attached hydrogen (secondary N) is 1. The number of carbonyl (C=O) groups excluding carboxylic acids is 1. The van der Waals surface area contributed by atoms with Crippen molar-refractivity contribution in [2.45, 2.75) is 20.4 Å². The number of nitrogens with zero attached hydrogens (tertiary/aromatic N) is 3. The van der Waals surface area contributed by atoms with Crippen LogP contribution in [-0.2, 0) is 6.54 Å². The minimum atomic E-state index is -0.161. The molecule has 1 aromatic heterocycles. The van der Waals surface area contributed by atoms with E-state index in [1.54, 1.807) is 31.3 Å². The van der Waals surface area contributed by atoms with E-state index in [0.29, 0.717) is 36.3 Å². The van der Waals surface area contributed by atoms with E-state index in [1.807, 2.05) is 19.9 Å². The molecule has 0 atom stereocenters. The molecule has 0 saturated heterocycles. The van der Waals surface area contributed by atoms with Crippen LogP contribution in [0.25, 0.3) is 11.4 Å². The summed E-state index contributed by atoms with van der Waals surface area (Å²) in [6.45, 7) is 5.12. The maximum Gasteiger partial charge on any atom is 0.317 e. The fourth-order valence-corrected chi connectivity index (χ4v) is 2.17. The van der Waals surface area contributed by atoms with Gasteiger partial charge in [-0.05, 0) is 32.0 Å². The average molecular weight is 334 g/mol. The minimum Gasteiger partial charge on any atom is -0.493 e. The quantitative estimate of drug-likeness (QED) is 0.835. The lowest BCUT2D eigenvalue weighted by Gasteiger charge is -2.18. The van der Waals surface area contributed by atoms with E-state index in [4.69, 9.17) is 14.0 Å². The summed E-state index contributed by atoms with van der Waals surface area (Å²) in [5, 5.41) is 6.72. The number of rotatable bonds is 7. The molecule has 2 amide bonds. The fraction of sp³-hybridized carbons (Fsp3) is 0.438. The standard InChI is InChI=1S/C16H22N4O4/c1-5-17-16(21)20(6-2)10-14-18-15(19-24-14)11-7-8-12(22-3)13(9-11)23-4/h7-9H,5-6,10H2,1-4H3,(H,17,21). The van der Waals surface area contributed by atoms with Gasteiger partial charge in [0.05, 0.1) is 14.2 Å². The molecule has 24 heavy (non-hydrogen) atoms. The summed E-state index contributed by atoms with van der Waals surface area (Å²) in [7, 11) is 3.14. The Balaban J connectivity index is 2.17. The Labute approximate surface area is 140 Å². The van der Waals surface area contributed by atoms with E-state index >= 15 is 0 Å². The van der Waals surface area contributed by atoms with Crippen molar-refractivity contribution in [1.82, 2.24) is 20.4 Å². The summed E-state index contributed by atoms with van der Waals surface area (Å²) in [5.74, 6) is 2.00. The monoisotopic (exact) mass is 334 g/mol. The maximum absolute atomic E-state index is 11.9. The van der Waals surface area contributed by atoms with E-state index in [-0.39, 0.29) is 12.6 Å². The first kappa shape index (κ1) is 17.6. The van der Waals surface area contributed by atoms with Crippen LogP contribution in [0.3, 0.4) is 0 Å². The first-order valence-electron chi connectivity index (χ1n) is 7.70. The van der Waals surface area contributed by atoms with Gasteiger partial charge in [-0.15, -0.1) is 0 Å². The van der Waals surface area contributed by atoms with Crippen molar-refractivity contribution in [1.29, 1.82) is 0 Å². The summed E-state index contributed by atoms with van der Waals surface area (Å²) in [6, 6.07) is 5.20. The second-order valence-corrected chi connectivity index (χ2v) is 4.93. The Morgan fingerprint density at radius 1 is 1.25 bits per heavy atom. The highest BCUT2D eigenvalue weighted by Crippen LogP contribution is 2.31. The van der Waals surface area contributed by atoms with Gasteiger partial charge in [-0.3, -0.25) is 0 Å². The van der Waals surface area contributed by atoms with Crippen LogP contribution < -0.4 is 14.8 Å². The molecule has 0 fully saturated rings. The van der Waals surface area contributed by atoms with Gasteiger partial charge in [-0.2, -0.15) is 4.98 Å². The van der Waals surface area contributed by atoms with Gasteiger partial charge in [0.1, 0.15) is 6.54 Å². The molecule has 0 saturated carbocycles. The molecule has 2 rings (SSSR count). The molecule has 0 bridgehead atoms. The van der Waals surface area contributed by atoms with Gasteiger partial charge < -0.3 is 24.2 Å². The summed E-state index contributed by atoms with van der Waals surface area (Å²) >= 11 is 0. The molecule has 2 aromatic rings. The number of benzene rings is 1. The van der Waals surface area contributed by atoms with Gasteiger partial charge in [0, 0.05) is 18.7 Å². The number of carbonyl (C=O) groups is 1. The van der Waals surface area contributed by atoms with Gasteiger partial charge in [-0.25, -0.2) is 4.79 Å². The SMILES string of the molecule is CCNC(=O)N(CC)Cc1nc(-c2ccc(OC)c(OC)c2)no1. The van der Waals surface area contributed by atoms with Crippen LogP contribution in [0.15, 0.2) is 22.7 Å². The van der Waals surface area contributed by atoms with E-state index in [0.717, 1.165) is 5.56 Å². The van der Waals surface area contributed by atoms with Crippen molar-refractivity contribution in [2.24, 2.45) is 0 Å². The molecule has 0 aliphatic rings. The van der Waals surface area contributed by atoms with Crippen LogP contribution in [0.2, 0.25) is 0 Å². The highest BCUT2D eigenvalue weighted by molar-refractivity contribution is 5.73. The second-order valence-electron chi connectivity index (χ2n) is 4.93. The van der Waals surface area contributed by atoms with E-state index in [1.165, 1.54) is 0 Å². The fourth-order valence-electron chi connectivity index (χ4n) is 2.17. The van der Waals surface area contributed by atoms with Crippen LogP contribution in [0.5, 0.6) is 11.5 Å². The van der Waals surface area contributed by atoms with Crippen molar-refractivity contribution in [3.05, 3.63) is 24.1 Å². The molecule has 1 N–H and O–H groups in total. The van der Waals surface area contributed by atoms with Gasteiger partial charge in [0.2, 0.25) is 11.7 Å². The molecule has 0 aliphatic carbocycles. The summed E-state index contributed by atoms with van der Waals surface area (Å²) in [6.07, 6.45) is 0. The normalized spacial score (nSPS) is 10.3. The van der Waals surface area contributed by atoms with Crippen LogP contribution in [0, 0.1) is 0 Å². The van der Waals surface area contributed by atoms with Crippen molar-refractivity contribution < 1.29 is 18.8 Å². The summed E-state index contributed by atoms with van der Waals surface area (Å²) in [5.41, 5.74) is 0.740. The zero-order chi connectivity index (χ0) is 17.5. The smallest absolute Gasteiger partial charge is 0.317 e. The first-order valence-corrected chi connectivity index (χ1v) is 7.70. The maximum atomic E-state index is 11.9. The molecular weight excluding hydrogens is 312 g/mol. The Hall–Kier alpha value is -2.77. The zero-order valence-electron chi connectivity index (χ0n) is 14.3. The number of urea groups is 1. The summed E-state index contributed by atoms with van der Waals surface area (Å²) in [4.78, 5) is 17.8. The van der Waals surface area contributed by atoms with E-state index in [9.17, 15) is 4.79 Å². The lowest BCUT2D eigenvalue weighted by molar-refractivity contribution is 0.190. The number of aromatic nitrogens is 2. The second kappa shape index (κ2) is 8.19. The van der Waals surface area contributed by atoms with Gasteiger partial charge in [0.25, 0.3) is 0 Å². The molecular formula is C16H22N4O4. The molecule has 0 unspecified atom stereocenters. The predicted molar refractivity (Wildman–Crippen MR) is 88.0 cm³/mol. The van der Waals surface area contributed by atoms with Gasteiger partial charge in [0.15, 0.2) is 11.5 Å². The average Bonchev–Trinajstić information content (AvgIpc) is 3.07. The third-order valence-electron chi connectivity index (χ3n) is 3.43. The van der Waals surface area contributed by atoms with Crippen molar-refractivity contribution in [3.8, 4) is 22.9 Å². The molecule has 0 spiro atoms. The van der Waals surface area contributed by atoms with E-state index < -0.39 is 0 Å². The minimum absolute atomic E-state index is 0.161. The molecule has 8 nitrogen and oxygen atoms in total. The van der Waals surface area contributed by atoms with Crippen LogP contribution in [0.4, 0.5) is 4.79 Å². The highest BCUT2D eigenvalue weighted by atomic mass is 16.5. The van der Waals surface area contributed by atoms with Crippen LogP contribution >= 0.6 is 0 Å². The number of amides is 2. The lowest BCUT2D eigenvalue weighted by Crippen LogP contribution is -2.39. The topological polar surface area (TPSA) is 89.7 Å². The third kappa shape index (κ3) is 3.95. The van der Waals surface area contributed by atoms with E-state index in [2.05, 4.69) is 15.5 Å².